The lowest BCUT2D eigenvalue weighted by molar-refractivity contribution is -0.385. The Morgan fingerprint density at radius 3 is 2.75 bits per heavy atom. The molecule has 1 aromatic heterocycles. The van der Waals surface area contributed by atoms with E-state index in [2.05, 4.69) is 0 Å². The van der Waals surface area contributed by atoms with Crippen molar-refractivity contribution in [3.63, 3.8) is 0 Å². The number of hydrogen-bond acceptors (Lipinski definition) is 7. The molecule has 1 aliphatic heterocycles. The second-order valence-corrected chi connectivity index (χ2v) is 5.29. The van der Waals surface area contributed by atoms with Gasteiger partial charge in [0.15, 0.2) is 0 Å². The molecule has 8 heteroatoms. The molecule has 3 rings (SSSR count). The standard InChI is InChI=1S/C16H11N3O5/c1-8-6-12-14(16(20)23-8)13(10(7-17)15(18)24-12)9-4-2-3-5-11(9)19(21)22/h2-6,10,13,18H,1H3. The van der Waals surface area contributed by atoms with Crippen LogP contribution in [0.4, 0.5) is 5.69 Å². The minimum atomic E-state index is -1.16. The molecule has 1 aromatic carbocycles. The summed E-state index contributed by atoms with van der Waals surface area (Å²) in [7, 11) is 0. The molecule has 1 N–H and O–H groups in total. The fourth-order valence-corrected chi connectivity index (χ4v) is 2.84. The predicted molar refractivity (Wildman–Crippen MR) is 82.1 cm³/mol. The van der Waals surface area contributed by atoms with E-state index >= 15 is 0 Å². The van der Waals surface area contributed by atoms with Gasteiger partial charge in [-0.2, -0.15) is 5.26 Å². The van der Waals surface area contributed by atoms with E-state index < -0.39 is 22.4 Å². The van der Waals surface area contributed by atoms with Crippen LogP contribution >= 0.6 is 0 Å². The van der Waals surface area contributed by atoms with Gasteiger partial charge in [-0.3, -0.25) is 15.5 Å². The van der Waals surface area contributed by atoms with Crippen molar-refractivity contribution in [3.8, 4) is 11.8 Å². The minimum Gasteiger partial charge on any atom is -0.441 e. The van der Waals surface area contributed by atoms with Crippen molar-refractivity contribution in [1.82, 2.24) is 0 Å². The second kappa shape index (κ2) is 5.62. The number of benzene rings is 1. The molecule has 0 aliphatic carbocycles. The molecule has 0 bridgehead atoms. The Bertz CT molecular complexity index is 957. The largest absolute Gasteiger partial charge is 0.441 e. The third kappa shape index (κ3) is 2.32. The molecule has 0 fully saturated rings. The molecule has 0 radical (unpaired) electrons. The second-order valence-electron chi connectivity index (χ2n) is 5.29. The Morgan fingerprint density at radius 1 is 1.38 bits per heavy atom. The number of para-hydroxylation sites is 1. The summed E-state index contributed by atoms with van der Waals surface area (Å²) in [4.78, 5) is 23.1. The van der Waals surface area contributed by atoms with Crippen molar-refractivity contribution in [3.05, 3.63) is 67.8 Å². The monoisotopic (exact) mass is 325 g/mol. The topological polar surface area (TPSA) is 130 Å². The maximum Gasteiger partial charge on any atom is 0.343 e. The average Bonchev–Trinajstić information content (AvgIpc) is 2.53. The van der Waals surface area contributed by atoms with Crippen LogP contribution in [-0.4, -0.2) is 10.8 Å². The summed E-state index contributed by atoms with van der Waals surface area (Å²) in [5.41, 5.74) is -0.791. The van der Waals surface area contributed by atoms with Crippen LogP contribution in [0.5, 0.6) is 5.75 Å². The van der Waals surface area contributed by atoms with Crippen LogP contribution < -0.4 is 10.4 Å². The van der Waals surface area contributed by atoms with Crippen LogP contribution in [0.3, 0.4) is 0 Å². The molecule has 0 amide bonds. The number of fused-ring (bicyclic) bond motifs is 1. The molecular formula is C16H11N3O5. The SMILES string of the molecule is Cc1cc2c(c(=O)o1)C(c1ccccc1[N+](=O)[O-])C(C#N)C(=N)O2. The maximum atomic E-state index is 12.3. The molecule has 0 saturated heterocycles. The first-order chi connectivity index (χ1) is 11.4. The number of rotatable bonds is 2. The molecule has 8 nitrogen and oxygen atoms in total. The smallest absolute Gasteiger partial charge is 0.343 e. The number of nitrogens with one attached hydrogen (secondary N) is 1. The third-order valence-electron chi connectivity index (χ3n) is 3.83. The number of aryl methyl sites for hydroxylation is 1. The van der Waals surface area contributed by atoms with Gasteiger partial charge in [0.05, 0.1) is 22.5 Å². The summed E-state index contributed by atoms with van der Waals surface area (Å²) in [6.45, 7) is 1.55. The molecule has 2 unspecified atom stereocenters. The third-order valence-corrected chi connectivity index (χ3v) is 3.83. The van der Waals surface area contributed by atoms with E-state index in [4.69, 9.17) is 14.6 Å². The van der Waals surface area contributed by atoms with E-state index in [9.17, 15) is 20.2 Å². The van der Waals surface area contributed by atoms with Crippen LogP contribution in [0.2, 0.25) is 0 Å². The van der Waals surface area contributed by atoms with Crippen LogP contribution in [0.1, 0.15) is 22.8 Å². The quantitative estimate of drug-likeness (QED) is 0.666. The summed E-state index contributed by atoms with van der Waals surface area (Å²) in [6.07, 6.45) is 0. The van der Waals surface area contributed by atoms with Gasteiger partial charge in [0, 0.05) is 17.7 Å². The highest BCUT2D eigenvalue weighted by molar-refractivity contribution is 5.85. The molecule has 2 atom stereocenters. The molecule has 0 spiro atoms. The maximum absolute atomic E-state index is 12.3. The first-order valence-corrected chi connectivity index (χ1v) is 6.98. The number of hydrogen-bond donors (Lipinski definition) is 1. The van der Waals surface area contributed by atoms with E-state index in [0.29, 0.717) is 0 Å². The predicted octanol–water partition coefficient (Wildman–Crippen LogP) is 2.50. The van der Waals surface area contributed by atoms with Gasteiger partial charge in [-0.15, -0.1) is 0 Å². The summed E-state index contributed by atoms with van der Waals surface area (Å²) in [6, 6.07) is 9.15. The Balaban J connectivity index is 2.35. The lowest BCUT2D eigenvalue weighted by Crippen LogP contribution is -2.34. The number of nitro groups is 1. The van der Waals surface area contributed by atoms with Gasteiger partial charge in [0.25, 0.3) is 5.69 Å². The first-order valence-electron chi connectivity index (χ1n) is 6.98. The zero-order chi connectivity index (χ0) is 17.4. The fraction of sp³-hybridized carbons (Fsp3) is 0.188. The van der Waals surface area contributed by atoms with Crippen molar-refractivity contribution in [2.24, 2.45) is 5.92 Å². The molecule has 2 aromatic rings. The van der Waals surface area contributed by atoms with E-state index in [1.54, 1.807) is 13.0 Å². The van der Waals surface area contributed by atoms with Gasteiger partial charge in [0.2, 0.25) is 5.90 Å². The Hall–Kier alpha value is -3.47. The van der Waals surface area contributed by atoms with Gasteiger partial charge in [-0.1, -0.05) is 18.2 Å². The van der Waals surface area contributed by atoms with Crippen LogP contribution in [0, 0.1) is 39.7 Å². The fourth-order valence-electron chi connectivity index (χ4n) is 2.84. The van der Waals surface area contributed by atoms with Gasteiger partial charge in [0.1, 0.15) is 17.4 Å². The highest BCUT2D eigenvalue weighted by atomic mass is 16.6. The van der Waals surface area contributed by atoms with Crippen molar-refractivity contribution >= 4 is 11.6 Å². The summed E-state index contributed by atoms with van der Waals surface area (Å²) >= 11 is 0. The summed E-state index contributed by atoms with van der Waals surface area (Å²) in [5.74, 6) is -2.17. The minimum absolute atomic E-state index is 0.0115. The van der Waals surface area contributed by atoms with E-state index in [1.165, 1.54) is 24.3 Å². The van der Waals surface area contributed by atoms with Crippen molar-refractivity contribution < 1.29 is 14.1 Å². The van der Waals surface area contributed by atoms with Gasteiger partial charge in [-0.25, -0.2) is 4.79 Å². The summed E-state index contributed by atoms with van der Waals surface area (Å²) < 4.78 is 10.4. The molecular weight excluding hydrogens is 314 g/mol. The molecule has 24 heavy (non-hydrogen) atoms. The number of ether oxygens (including phenoxy) is 1. The normalized spacial score (nSPS) is 19.1. The highest BCUT2D eigenvalue weighted by Gasteiger charge is 2.42. The molecule has 2 heterocycles. The van der Waals surface area contributed by atoms with E-state index in [1.807, 2.05) is 6.07 Å². The van der Waals surface area contributed by atoms with Gasteiger partial charge >= 0.3 is 5.63 Å². The zero-order valence-corrected chi connectivity index (χ0v) is 12.5. The number of nitrogens with zero attached hydrogens (tertiary/aromatic N) is 2. The van der Waals surface area contributed by atoms with Gasteiger partial charge in [-0.05, 0) is 6.92 Å². The zero-order valence-electron chi connectivity index (χ0n) is 12.5. The molecule has 120 valence electrons. The highest BCUT2D eigenvalue weighted by Crippen LogP contribution is 2.43. The lowest BCUT2D eigenvalue weighted by atomic mass is 9.79. The first kappa shape index (κ1) is 15.4. The van der Waals surface area contributed by atoms with Crippen molar-refractivity contribution in [2.75, 3.05) is 0 Å². The van der Waals surface area contributed by atoms with Crippen molar-refractivity contribution in [1.29, 1.82) is 10.7 Å². The molecule has 0 saturated carbocycles. The van der Waals surface area contributed by atoms with E-state index in [0.717, 1.165) is 0 Å². The number of nitriles is 1. The number of nitro benzene ring substituents is 1. The lowest BCUT2D eigenvalue weighted by Gasteiger charge is -2.28. The van der Waals surface area contributed by atoms with Crippen LogP contribution in [0.15, 0.2) is 39.5 Å². The molecule has 1 aliphatic rings. The van der Waals surface area contributed by atoms with Crippen LogP contribution in [0.25, 0.3) is 0 Å². The average molecular weight is 325 g/mol. The van der Waals surface area contributed by atoms with Gasteiger partial charge < -0.3 is 9.15 Å². The Labute approximate surface area is 135 Å². The summed E-state index contributed by atoms with van der Waals surface area (Å²) in [5, 5.41) is 28.7. The van der Waals surface area contributed by atoms with Crippen molar-refractivity contribution in [2.45, 2.75) is 12.8 Å². The Kier molecular flexibility index (Phi) is 3.62. The Morgan fingerprint density at radius 2 is 2.08 bits per heavy atom. The van der Waals surface area contributed by atoms with Crippen LogP contribution in [-0.2, 0) is 0 Å². The van der Waals surface area contributed by atoms with E-state index in [-0.39, 0.29) is 34.2 Å².